The van der Waals surface area contributed by atoms with E-state index in [-0.39, 0.29) is 0 Å². The van der Waals surface area contributed by atoms with Gasteiger partial charge in [-0.05, 0) is 68.8 Å². The molecular weight excluding hydrogens is 232 g/mol. The van der Waals surface area contributed by atoms with E-state index in [9.17, 15) is 0 Å². The van der Waals surface area contributed by atoms with E-state index in [4.69, 9.17) is 5.73 Å². The van der Waals surface area contributed by atoms with Crippen LogP contribution in [0.3, 0.4) is 0 Å². The van der Waals surface area contributed by atoms with Gasteiger partial charge in [-0.15, -0.1) is 0 Å². The van der Waals surface area contributed by atoms with E-state index in [2.05, 4.69) is 36.2 Å². The van der Waals surface area contributed by atoms with Gasteiger partial charge in [-0.1, -0.05) is 30.7 Å². The van der Waals surface area contributed by atoms with E-state index in [1.54, 1.807) is 11.1 Å². The zero-order chi connectivity index (χ0) is 13.2. The summed E-state index contributed by atoms with van der Waals surface area (Å²) in [5.74, 6) is 1.44. The molecule has 1 saturated heterocycles. The molecule has 3 rings (SSSR count). The maximum Gasteiger partial charge on any atom is 0.0388 e. The average molecular weight is 258 g/mol. The first kappa shape index (κ1) is 13.1. The maximum atomic E-state index is 6.08. The Labute approximate surface area is 117 Å². The molecule has 1 aromatic rings. The molecule has 104 valence electrons. The fraction of sp³-hybridized carbons (Fsp3) is 0.647. The fourth-order valence-electron chi connectivity index (χ4n) is 3.71. The zero-order valence-corrected chi connectivity index (χ0v) is 12.0. The number of nitrogens with zero attached hydrogens (tertiary/aromatic N) is 1. The standard InChI is InChI=1S/C17H26N2/c1-19-11-5-4-6-14(12-18)17(19)16-8-3-2-7-15(16)13-9-10-13/h2-3,7-8,13-14,17H,4-6,9-12,18H2,1H3. The molecular formula is C17H26N2. The molecule has 1 saturated carbocycles. The lowest BCUT2D eigenvalue weighted by molar-refractivity contribution is 0.195. The van der Waals surface area contributed by atoms with Crippen LogP contribution in [0, 0.1) is 5.92 Å². The lowest BCUT2D eigenvalue weighted by Gasteiger charge is -2.33. The van der Waals surface area contributed by atoms with Crippen molar-refractivity contribution in [2.75, 3.05) is 20.1 Å². The monoisotopic (exact) mass is 258 g/mol. The van der Waals surface area contributed by atoms with E-state index in [1.165, 1.54) is 38.6 Å². The Morgan fingerprint density at radius 3 is 2.53 bits per heavy atom. The van der Waals surface area contributed by atoms with Gasteiger partial charge in [-0.2, -0.15) is 0 Å². The Hall–Kier alpha value is -0.860. The van der Waals surface area contributed by atoms with Gasteiger partial charge in [-0.25, -0.2) is 0 Å². The molecule has 1 aliphatic heterocycles. The summed E-state index contributed by atoms with van der Waals surface area (Å²) in [6.45, 7) is 2.02. The molecule has 2 atom stereocenters. The van der Waals surface area contributed by atoms with Crippen LogP contribution in [0.2, 0.25) is 0 Å². The molecule has 2 fully saturated rings. The Morgan fingerprint density at radius 2 is 1.84 bits per heavy atom. The highest BCUT2D eigenvalue weighted by Gasteiger charge is 2.33. The van der Waals surface area contributed by atoms with Gasteiger partial charge in [0.2, 0.25) is 0 Å². The first-order valence-electron chi connectivity index (χ1n) is 7.80. The van der Waals surface area contributed by atoms with Crippen molar-refractivity contribution >= 4 is 0 Å². The molecule has 0 spiro atoms. The van der Waals surface area contributed by atoms with Gasteiger partial charge in [0.25, 0.3) is 0 Å². The van der Waals surface area contributed by atoms with Crippen molar-refractivity contribution < 1.29 is 0 Å². The van der Waals surface area contributed by atoms with E-state index in [0.29, 0.717) is 12.0 Å². The van der Waals surface area contributed by atoms with E-state index >= 15 is 0 Å². The normalized spacial score (nSPS) is 29.2. The van der Waals surface area contributed by atoms with Crippen molar-refractivity contribution in [1.82, 2.24) is 4.90 Å². The summed E-state index contributed by atoms with van der Waals surface area (Å²) in [6.07, 6.45) is 6.68. The number of hydrogen-bond donors (Lipinski definition) is 1. The van der Waals surface area contributed by atoms with E-state index < -0.39 is 0 Å². The molecule has 19 heavy (non-hydrogen) atoms. The van der Waals surface area contributed by atoms with Crippen molar-refractivity contribution in [2.24, 2.45) is 11.7 Å². The largest absolute Gasteiger partial charge is 0.330 e. The molecule has 0 amide bonds. The van der Waals surface area contributed by atoms with Crippen LogP contribution in [0.15, 0.2) is 24.3 Å². The SMILES string of the molecule is CN1CCCCC(CN)C1c1ccccc1C1CC1. The molecule has 0 bridgehead atoms. The zero-order valence-electron chi connectivity index (χ0n) is 12.0. The minimum Gasteiger partial charge on any atom is -0.330 e. The summed E-state index contributed by atoms with van der Waals surface area (Å²) in [4.78, 5) is 2.55. The van der Waals surface area contributed by atoms with Gasteiger partial charge in [-0.3, -0.25) is 4.90 Å². The molecule has 2 heteroatoms. The van der Waals surface area contributed by atoms with Crippen molar-refractivity contribution in [3.05, 3.63) is 35.4 Å². The van der Waals surface area contributed by atoms with Gasteiger partial charge in [0, 0.05) is 6.04 Å². The Bertz CT molecular complexity index is 425. The minimum absolute atomic E-state index is 0.532. The summed E-state index contributed by atoms with van der Waals surface area (Å²) in [5, 5.41) is 0. The molecule has 2 aliphatic rings. The lowest BCUT2D eigenvalue weighted by Crippen LogP contribution is -2.33. The van der Waals surface area contributed by atoms with Gasteiger partial charge in [0.05, 0.1) is 0 Å². The third-order valence-electron chi connectivity index (χ3n) is 4.89. The predicted octanol–water partition coefficient (Wildman–Crippen LogP) is 3.30. The molecule has 1 aliphatic carbocycles. The van der Waals surface area contributed by atoms with Crippen LogP contribution in [0.1, 0.15) is 55.2 Å². The van der Waals surface area contributed by atoms with Gasteiger partial charge in [0.15, 0.2) is 0 Å². The number of rotatable bonds is 3. The van der Waals surface area contributed by atoms with Crippen LogP contribution in [0.5, 0.6) is 0 Å². The van der Waals surface area contributed by atoms with Crippen molar-refractivity contribution in [2.45, 2.75) is 44.1 Å². The number of hydrogen-bond acceptors (Lipinski definition) is 2. The van der Waals surface area contributed by atoms with Crippen LogP contribution < -0.4 is 5.73 Å². The molecule has 0 radical (unpaired) electrons. The van der Waals surface area contributed by atoms with E-state index in [1.807, 2.05) is 0 Å². The van der Waals surface area contributed by atoms with Crippen LogP contribution >= 0.6 is 0 Å². The van der Waals surface area contributed by atoms with Crippen molar-refractivity contribution in [1.29, 1.82) is 0 Å². The number of likely N-dealkylation sites (tertiary alicyclic amines) is 1. The third-order valence-corrected chi connectivity index (χ3v) is 4.89. The van der Waals surface area contributed by atoms with Crippen LogP contribution in [-0.2, 0) is 0 Å². The second-order valence-corrected chi connectivity index (χ2v) is 6.32. The molecule has 2 nitrogen and oxygen atoms in total. The number of nitrogens with two attached hydrogens (primary N) is 1. The van der Waals surface area contributed by atoms with Crippen LogP contribution in [0.4, 0.5) is 0 Å². The molecule has 1 heterocycles. The van der Waals surface area contributed by atoms with Gasteiger partial charge in [0.1, 0.15) is 0 Å². The second kappa shape index (κ2) is 5.64. The highest BCUT2D eigenvalue weighted by molar-refractivity contribution is 5.36. The smallest absolute Gasteiger partial charge is 0.0388 e. The summed E-state index contributed by atoms with van der Waals surface area (Å²) in [5.41, 5.74) is 9.23. The topological polar surface area (TPSA) is 29.3 Å². The quantitative estimate of drug-likeness (QED) is 0.901. The lowest BCUT2D eigenvalue weighted by atomic mass is 9.86. The molecule has 0 aromatic heterocycles. The highest BCUT2D eigenvalue weighted by Crippen LogP contribution is 2.45. The average Bonchev–Trinajstić information content (AvgIpc) is 3.26. The number of benzene rings is 1. The van der Waals surface area contributed by atoms with Gasteiger partial charge >= 0.3 is 0 Å². The highest BCUT2D eigenvalue weighted by atomic mass is 15.1. The van der Waals surface area contributed by atoms with E-state index in [0.717, 1.165) is 12.5 Å². The molecule has 1 aromatic carbocycles. The Morgan fingerprint density at radius 1 is 1.11 bits per heavy atom. The summed E-state index contributed by atoms with van der Waals surface area (Å²) in [7, 11) is 2.28. The second-order valence-electron chi connectivity index (χ2n) is 6.32. The van der Waals surface area contributed by atoms with Crippen molar-refractivity contribution in [3.63, 3.8) is 0 Å². The van der Waals surface area contributed by atoms with Gasteiger partial charge < -0.3 is 5.73 Å². The van der Waals surface area contributed by atoms with Crippen LogP contribution in [-0.4, -0.2) is 25.0 Å². The maximum absolute atomic E-state index is 6.08. The van der Waals surface area contributed by atoms with Crippen molar-refractivity contribution in [3.8, 4) is 0 Å². The summed E-state index contributed by atoms with van der Waals surface area (Å²) in [6, 6.07) is 9.63. The molecule has 2 unspecified atom stereocenters. The summed E-state index contributed by atoms with van der Waals surface area (Å²) < 4.78 is 0. The minimum atomic E-state index is 0.532. The fourth-order valence-corrected chi connectivity index (χ4v) is 3.71. The summed E-state index contributed by atoms with van der Waals surface area (Å²) >= 11 is 0. The van der Waals surface area contributed by atoms with Crippen LogP contribution in [0.25, 0.3) is 0 Å². The first-order valence-corrected chi connectivity index (χ1v) is 7.80. The Kier molecular flexibility index (Phi) is 3.90. The predicted molar refractivity (Wildman–Crippen MR) is 80.2 cm³/mol. The Balaban J connectivity index is 1.96. The third kappa shape index (κ3) is 2.70. The first-order chi connectivity index (χ1) is 9.31. The molecule has 2 N–H and O–H groups in total.